The molecule has 8 aromatic rings. The van der Waals surface area contributed by atoms with E-state index in [0.717, 1.165) is 49.8 Å². The Morgan fingerprint density at radius 1 is 0.391 bits per heavy atom. The molecule has 0 amide bonds. The minimum absolute atomic E-state index is 0.00342. The molecular weight excluding hydrogens is 575 g/mol. The van der Waals surface area contributed by atoms with Crippen LogP contribution in [0.1, 0.15) is 0 Å². The molecule has 0 atom stereocenters. The van der Waals surface area contributed by atoms with Crippen molar-refractivity contribution in [2.24, 2.45) is 0 Å². The molecule has 0 bridgehead atoms. The maximum absolute atomic E-state index is 6.83. The molecular formula is C42H29BO2Si. The molecule has 0 saturated heterocycles. The summed E-state index contributed by atoms with van der Waals surface area (Å²) in [7, 11) is -2.68. The molecule has 1 aliphatic rings. The fraction of sp³-hybridized carbons (Fsp3) is 0. The van der Waals surface area contributed by atoms with Crippen LogP contribution in [0.2, 0.25) is 0 Å². The number of ether oxygens (including phenoxy) is 1. The number of benzene rings is 7. The van der Waals surface area contributed by atoms with E-state index < -0.39 is 8.07 Å². The number of rotatable bonds is 5. The van der Waals surface area contributed by atoms with Gasteiger partial charge in [-0.2, -0.15) is 0 Å². The zero-order valence-corrected chi connectivity index (χ0v) is 26.1. The van der Waals surface area contributed by atoms with E-state index in [9.17, 15) is 0 Å². The van der Waals surface area contributed by atoms with E-state index in [2.05, 4.69) is 164 Å². The molecule has 0 spiro atoms. The summed E-state index contributed by atoms with van der Waals surface area (Å²) >= 11 is 0. The van der Waals surface area contributed by atoms with Crippen LogP contribution < -0.4 is 41.9 Å². The van der Waals surface area contributed by atoms with Gasteiger partial charge < -0.3 is 9.15 Å². The standard InChI is InChI=1S/C42H29BO2Si/c1-4-15-30(16-5-1)46(31-17-6-2-7-18-31,32-19-8-3-9-20-32)33-27-28-39-35(29-33)34-21-14-24-38(42(34)45-39)43-36-22-10-12-25-40(36)44-41-26-13-11-23-37(41)43/h1-29H. The molecule has 0 radical (unpaired) electrons. The van der Waals surface area contributed by atoms with E-state index in [1.165, 1.54) is 20.7 Å². The number of furan rings is 1. The summed E-state index contributed by atoms with van der Waals surface area (Å²) in [5, 5.41) is 7.68. The minimum atomic E-state index is -2.68. The third-order valence-electron chi connectivity index (χ3n) is 9.57. The van der Waals surface area contributed by atoms with Gasteiger partial charge in [0.25, 0.3) is 6.71 Å². The van der Waals surface area contributed by atoms with Gasteiger partial charge in [-0.15, -0.1) is 0 Å². The molecule has 0 fully saturated rings. The van der Waals surface area contributed by atoms with Gasteiger partial charge in [0, 0.05) is 10.8 Å². The van der Waals surface area contributed by atoms with Gasteiger partial charge in [-0.25, -0.2) is 0 Å². The van der Waals surface area contributed by atoms with Gasteiger partial charge in [0.2, 0.25) is 0 Å². The van der Waals surface area contributed by atoms with E-state index in [-0.39, 0.29) is 6.71 Å². The zero-order valence-electron chi connectivity index (χ0n) is 25.1. The van der Waals surface area contributed by atoms with Gasteiger partial charge in [-0.05, 0) is 55.3 Å². The summed E-state index contributed by atoms with van der Waals surface area (Å²) in [5.41, 5.74) is 5.28. The Balaban J connectivity index is 1.32. The van der Waals surface area contributed by atoms with Crippen molar-refractivity contribution in [3.63, 3.8) is 0 Å². The highest BCUT2D eigenvalue weighted by Gasteiger charge is 2.42. The smallest absolute Gasteiger partial charge is 0.255 e. The Bertz CT molecular complexity index is 2210. The average molecular weight is 605 g/mol. The van der Waals surface area contributed by atoms with Gasteiger partial charge in [0.05, 0.1) is 0 Å². The van der Waals surface area contributed by atoms with E-state index in [1.54, 1.807) is 0 Å². The summed E-state index contributed by atoms with van der Waals surface area (Å²) in [6, 6.07) is 63.4. The summed E-state index contributed by atoms with van der Waals surface area (Å²) in [6.07, 6.45) is 0. The molecule has 46 heavy (non-hydrogen) atoms. The summed E-state index contributed by atoms with van der Waals surface area (Å²) in [4.78, 5) is 0. The Hall–Kier alpha value is -5.58. The monoisotopic (exact) mass is 604 g/mol. The van der Waals surface area contributed by atoms with Crippen molar-refractivity contribution in [2.45, 2.75) is 0 Å². The first-order valence-corrected chi connectivity index (χ1v) is 17.8. The molecule has 1 aromatic heterocycles. The van der Waals surface area contributed by atoms with Crippen LogP contribution in [-0.4, -0.2) is 14.8 Å². The lowest BCUT2D eigenvalue weighted by Crippen LogP contribution is -2.74. The third kappa shape index (κ3) is 4.04. The lowest BCUT2D eigenvalue weighted by Gasteiger charge is -2.34. The first-order valence-electron chi connectivity index (χ1n) is 15.8. The van der Waals surface area contributed by atoms with Crippen LogP contribution in [0.15, 0.2) is 180 Å². The molecule has 2 nitrogen and oxygen atoms in total. The van der Waals surface area contributed by atoms with Crippen LogP contribution in [0.3, 0.4) is 0 Å². The lowest BCUT2D eigenvalue weighted by molar-refractivity contribution is 0.487. The van der Waals surface area contributed by atoms with Crippen LogP contribution >= 0.6 is 0 Å². The first kappa shape index (κ1) is 26.8. The summed E-state index contributed by atoms with van der Waals surface area (Å²) < 4.78 is 13.2. The van der Waals surface area contributed by atoms with Crippen LogP contribution in [0.5, 0.6) is 11.5 Å². The highest BCUT2D eigenvalue weighted by atomic mass is 28.3. The summed E-state index contributed by atoms with van der Waals surface area (Å²) in [5.74, 6) is 1.79. The molecule has 9 rings (SSSR count). The topological polar surface area (TPSA) is 22.4 Å². The van der Waals surface area contributed by atoms with Gasteiger partial charge in [0.15, 0.2) is 8.07 Å². The third-order valence-corrected chi connectivity index (χ3v) is 14.3. The maximum atomic E-state index is 6.83. The molecule has 0 saturated carbocycles. The Labute approximate surface area is 269 Å². The number of hydrogen-bond acceptors (Lipinski definition) is 2. The quantitative estimate of drug-likeness (QED) is 0.189. The predicted octanol–water partition coefficient (Wildman–Crippen LogP) is 5.59. The van der Waals surface area contributed by atoms with Crippen molar-refractivity contribution < 1.29 is 9.15 Å². The highest BCUT2D eigenvalue weighted by molar-refractivity contribution is 7.20. The Morgan fingerprint density at radius 3 is 1.46 bits per heavy atom. The second kappa shape index (κ2) is 10.8. The lowest BCUT2D eigenvalue weighted by atomic mass is 9.35. The normalized spacial score (nSPS) is 12.5. The van der Waals surface area contributed by atoms with E-state index >= 15 is 0 Å². The fourth-order valence-electron chi connectivity index (χ4n) is 7.59. The molecule has 216 valence electrons. The van der Waals surface area contributed by atoms with Crippen LogP contribution in [0.4, 0.5) is 0 Å². The SMILES string of the molecule is c1ccc([Si](c2ccccc2)(c2ccccc2)c2ccc3oc4c(B5c6ccccc6Oc6ccccc65)cccc4c3c2)cc1. The van der Waals surface area contributed by atoms with Gasteiger partial charge >= 0.3 is 0 Å². The molecule has 2 heterocycles. The van der Waals surface area contributed by atoms with Crippen LogP contribution in [-0.2, 0) is 0 Å². The van der Waals surface area contributed by atoms with Crippen molar-refractivity contribution in [1.82, 2.24) is 0 Å². The van der Waals surface area contributed by atoms with Crippen LogP contribution in [0.25, 0.3) is 21.9 Å². The largest absolute Gasteiger partial charge is 0.458 e. The molecule has 7 aromatic carbocycles. The van der Waals surface area contributed by atoms with Crippen molar-refractivity contribution in [3.8, 4) is 11.5 Å². The molecule has 0 N–H and O–H groups in total. The van der Waals surface area contributed by atoms with Crippen molar-refractivity contribution in [2.75, 3.05) is 0 Å². The van der Waals surface area contributed by atoms with Gasteiger partial charge in [-0.1, -0.05) is 158 Å². The first-order chi connectivity index (χ1) is 22.8. The van der Waals surface area contributed by atoms with Gasteiger partial charge in [0.1, 0.15) is 22.7 Å². The predicted molar refractivity (Wildman–Crippen MR) is 195 cm³/mol. The number of hydrogen-bond donors (Lipinski definition) is 0. The van der Waals surface area contributed by atoms with Crippen molar-refractivity contribution in [3.05, 3.63) is 176 Å². The Morgan fingerprint density at radius 2 is 0.891 bits per heavy atom. The second-order valence-corrected chi connectivity index (χ2v) is 15.8. The summed E-state index contributed by atoms with van der Waals surface area (Å²) in [6.45, 7) is -0.00342. The number of para-hydroxylation sites is 3. The Kier molecular flexibility index (Phi) is 6.29. The number of fused-ring (bicyclic) bond motifs is 5. The minimum Gasteiger partial charge on any atom is -0.458 e. The van der Waals surface area contributed by atoms with E-state index in [1.807, 2.05) is 12.1 Å². The zero-order chi connectivity index (χ0) is 30.5. The van der Waals surface area contributed by atoms with Crippen molar-refractivity contribution in [1.29, 1.82) is 0 Å². The maximum Gasteiger partial charge on any atom is 0.255 e. The molecule has 4 heteroatoms. The van der Waals surface area contributed by atoms with E-state index in [0.29, 0.717) is 0 Å². The molecule has 1 aliphatic heterocycles. The van der Waals surface area contributed by atoms with Crippen LogP contribution in [0, 0.1) is 0 Å². The second-order valence-electron chi connectivity index (χ2n) is 12.0. The fourth-order valence-corrected chi connectivity index (χ4v) is 12.4. The molecule has 0 unspecified atom stereocenters. The molecule has 0 aliphatic carbocycles. The van der Waals surface area contributed by atoms with E-state index in [4.69, 9.17) is 9.15 Å². The van der Waals surface area contributed by atoms with Crippen molar-refractivity contribution >= 4 is 73.9 Å². The highest BCUT2D eigenvalue weighted by Crippen LogP contribution is 2.30. The van der Waals surface area contributed by atoms with Gasteiger partial charge in [-0.3, -0.25) is 0 Å². The average Bonchev–Trinajstić information content (AvgIpc) is 3.51.